The van der Waals surface area contributed by atoms with Crippen molar-refractivity contribution in [2.45, 2.75) is 12.5 Å². The Morgan fingerprint density at radius 1 is 1.18 bits per heavy atom. The highest BCUT2D eigenvalue weighted by atomic mass is 16.5. The fourth-order valence-electron chi connectivity index (χ4n) is 1.65. The van der Waals surface area contributed by atoms with E-state index in [1.807, 2.05) is 24.3 Å². The Labute approximate surface area is 99.9 Å². The van der Waals surface area contributed by atoms with Crippen molar-refractivity contribution in [3.8, 4) is 5.75 Å². The van der Waals surface area contributed by atoms with Gasteiger partial charge in [0.15, 0.2) is 5.82 Å². The Bertz CT molecular complexity index is 474. The van der Waals surface area contributed by atoms with Gasteiger partial charge in [0.25, 0.3) is 0 Å². The van der Waals surface area contributed by atoms with Crippen LogP contribution in [0.5, 0.6) is 5.75 Å². The third-order valence-electron chi connectivity index (χ3n) is 2.49. The molecule has 4 heteroatoms. The van der Waals surface area contributed by atoms with Gasteiger partial charge in [-0.1, -0.05) is 18.2 Å². The summed E-state index contributed by atoms with van der Waals surface area (Å²) in [4.78, 5) is 8.06. The molecule has 0 aliphatic carbocycles. The number of ether oxygens (including phenoxy) is 1. The van der Waals surface area contributed by atoms with E-state index in [1.54, 1.807) is 25.6 Å². The molecule has 0 amide bonds. The minimum atomic E-state index is -0.715. The molecule has 0 spiro atoms. The number of para-hydroxylation sites is 1. The third-order valence-corrected chi connectivity index (χ3v) is 2.49. The standard InChI is InChI=1S/C13H14N2O2/c1-17-12-6-3-2-5-10(12)9-11(16)13-14-7-4-8-15-13/h2-8,11,16H,9H2,1H3. The number of aromatic nitrogens is 2. The largest absolute Gasteiger partial charge is 0.496 e. The van der Waals surface area contributed by atoms with Gasteiger partial charge < -0.3 is 9.84 Å². The van der Waals surface area contributed by atoms with Crippen LogP contribution in [-0.4, -0.2) is 22.2 Å². The second kappa shape index (κ2) is 5.41. The van der Waals surface area contributed by atoms with Crippen LogP contribution in [0.2, 0.25) is 0 Å². The third kappa shape index (κ3) is 2.79. The molecule has 1 aromatic carbocycles. The first-order valence-electron chi connectivity index (χ1n) is 5.38. The lowest BCUT2D eigenvalue weighted by Crippen LogP contribution is -2.07. The van der Waals surface area contributed by atoms with Crippen LogP contribution in [0.4, 0.5) is 0 Å². The van der Waals surface area contributed by atoms with Crippen molar-refractivity contribution in [3.63, 3.8) is 0 Å². The van der Waals surface area contributed by atoms with Crippen molar-refractivity contribution in [2.75, 3.05) is 7.11 Å². The first-order valence-corrected chi connectivity index (χ1v) is 5.38. The predicted octanol–water partition coefficient (Wildman–Crippen LogP) is 1.76. The van der Waals surface area contributed by atoms with E-state index in [4.69, 9.17) is 4.74 Å². The summed E-state index contributed by atoms with van der Waals surface area (Å²) in [5.74, 6) is 1.20. The quantitative estimate of drug-likeness (QED) is 0.869. The van der Waals surface area contributed by atoms with E-state index >= 15 is 0 Å². The van der Waals surface area contributed by atoms with Crippen LogP contribution in [0, 0.1) is 0 Å². The van der Waals surface area contributed by atoms with Crippen LogP contribution < -0.4 is 4.74 Å². The number of nitrogens with zero attached hydrogens (tertiary/aromatic N) is 2. The summed E-state index contributed by atoms with van der Waals surface area (Å²) in [5.41, 5.74) is 0.940. The molecule has 0 saturated heterocycles. The highest BCUT2D eigenvalue weighted by molar-refractivity contribution is 5.33. The maximum absolute atomic E-state index is 10.0. The fraction of sp³-hybridized carbons (Fsp3) is 0.231. The number of rotatable bonds is 4. The van der Waals surface area contributed by atoms with Gasteiger partial charge in [-0.3, -0.25) is 0 Å². The van der Waals surface area contributed by atoms with Crippen molar-refractivity contribution >= 4 is 0 Å². The van der Waals surface area contributed by atoms with Crippen molar-refractivity contribution in [3.05, 3.63) is 54.1 Å². The van der Waals surface area contributed by atoms with Gasteiger partial charge in [-0.25, -0.2) is 9.97 Å². The molecule has 2 aromatic rings. The summed E-state index contributed by atoms with van der Waals surface area (Å²) >= 11 is 0. The van der Waals surface area contributed by atoms with Crippen molar-refractivity contribution in [2.24, 2.45) is 0 Å². The van der Waals surface area contributed by atoms with Crippen LogP contribution in [0.1, 0.15) is 17.5 Å². The molecule has 1 heterocycles. The molecule has 4 nitrogen and oxygen atoms in total. The summed E-state index contributed by atoms with van der Waals surface area (Å²) < 4.78 is 5.23. The second-order valence-corrected chi connectivity index (χ2v) is 3.64. The summed E-state index contributed by atoms with van der Waals surface area (Å²) in [7, 11) is 1.62. The lowest BCUT2D eigenvalue weighted by Gasteiger charge is -2.11. The normalized spacial score (nSPS) is 12.1. The zero-order valence-electron chi connectivity index (χ0n) is 9.58. The van der Waals surface area contributed by atoms with Crippen molar-refractivity contribution in [1.29, 1.82) is 0 Å². The maximum atomic E-state index is 10.0. The zero-order chi connectivity index (χ0) is 12.1. The minimum Gasteiger partial charge on any atom is -0.496 e. The first-order chi connectivity index (χ1) is 8.31. The van der Waals surface area contributed by atoms with E-state index < -0.39 is 6.10 Å². The molecule has 1 N–H and O–H groups in total. The zero-order valence-corrected chi connectivity index (χ0v) is 9.58. The molecular weight excluding hydrogens is 216 g/mol. The molecule has 0 aliphatic heterocycles. The predicted molar refractivity (Wildman–Crippen MR) is 63.7 cm³/mol. The number of hydrogen-bond acceptors (Lipinski definition) is 4. The molecule has 2 rings (SSSR count). The minimum absolute atomic E-state index is 0.429. The highest BCUT2D eigenvalue weighted by Gasteiger charge is 2.13. The van der Waals surface area contributed by atoms with Crippen LogP contribution in [0.25, 0.3) is 0 Å². The summed E-state index contributed by atoms with van der Waals surface area (Å²) in [5, 5.41) is 10.0. The lowest BCUT2D eigenvalue weighted by molar-refractivity contribution is 0.167. The van der Waals surface area contributed by atoms with Crippen molar-refractivity contribution < 1.29 is 9.84 Å². The molecular formula is C13H14N2O2. The summed E-state index contributed by atoms with van der Waals surface area (Å²) in [6.45, 7) is 0. The Morgan fingerprint density at radius 3 is 2.59 bits per heavy atom. The van der Waals surface area contributed by atoms with Crippen LogP contribution >= 0.6 is 0 Å². The van der Waals surface area contributed by atoms with Gasteiger partial charge in [0.1, 0.15) is 11.9 Å². The van der Waals surface area contributed by atoms with E-state index in [0.717, 1.165) is 11.3 Å². The van der Waals surface area contributed by atoms with Gasteiger partial charge in [0, 0.05) is 18.8 Å². The van der Waals surface area contributed by atoms with Gasteiger partial charge >= 0.3 is 0 Å². The Hall–Kier alpha value is -1.94. The van der Waals surface area contributed by atoms with Gasteiger partial charge in [-0.2, -0.15) is 0 Å². The molecule has 0 saturated carbocycles. The van der Waals surface area contributed by atoms with Crippen LogP contribution in [0.15, 0.2) is 42.7 Å². The average molecular weight is 230 g/mol. The number of aliphatic hydroxyl groups is 1. The highest BCUT2D eigenvalue weighted by Crippen LogP contribution is 2.22. The molecule has 0 bridgehead atoms. The summed E-state index contributed by atoms with van der Waals surface area (Å²) in [6.07, 6.45) is 2.96. The average Bonchev–Trinajstić information content (AvgIpc) is 2.40. The van der Waals surface area contributed by atoms with E-state index in [-0.39, 0.29) is 0 Å². The molecule has 1 unspecified atom stereocenters. The van der Waals surface area contributed by atoms with Crippen molar-refractivity contribution in [1.82, 2.24) is 9.97 Å². The molecule has 17 heavy (non-hydrogen) atoms. The van der Waals surface area contributed by atoms with Gasteiger partial charge in [0.2, 0.25) is 0 Å². The first kappa shape index (κ1) is 11.5. The SMILES string of the molecule is COc1ccccc1CC(O)c1ncccn1. The van der Waals surface area contributed by atoms with Gasteiger partial charge in [-0.15, -0.1) is 0 Å². The molecule has 1 atom stereocenters. The molecule has 1 aromatic heterocycles. The second-order valence-electron chi connectivity index (χ2n) is 3.64. The van der Waals surface area contributed by atoms with Crippen LogP contribution in [-0.2, 0) is 6.42 Å². The van der Waals surface area contributed by atoms with E-state index in [2.05, 4.69) is 9.97 Å². The topological polar surface area (TPSA) is 55.2 Å². The van der Waals surface area contributed by atoms with E-state index in [1.165, 1.54) is 0 Å². The smallest absolute Gasteiger partial charge is 0.157 e. The fourth-order valence-corrected chi connectivity index (χ4v) is 1.65. The monoisotopic (exact) mass is 230 g/mol. The van der Waals surface area contributed by atoms with E-state index in [0.29, 0.717) is 12.2 Å². The van der Waals surface area contributed by atoms with Crippen LogP contribution in [0.3, 0.4) is 0 Å². The Balaban J connectivity index is 2.16. The number of hydrogen-bond donors (Lipinski definition) is 1. The van der Waals surface area contributed by atoms with Gasteiger partial charge in [0.05, 0.1) is 7.11 Å². The number of aliphatic hydroxyl groups excluding tert-OH is 1. The Morgan fingerprint density at radius 2 is 1.88 bits per heavy atom. The van der Waals surface area contributed by atoms with Gasteiger partial charge in [-0.05, 0) is 17.7 Å². The Kier molecular flexibility index (Phi) is 3.67. The lowest BCUT2D eigenvalue weighted by atomic mass is 10.1. The molecule has 88 valence electrons. The molecule has 0 aliphatic rings. The molecule has 0 radical (unpaired) electrons. The maximum Gasteiger partial charge on any atom is 0.157 e. The number of methoxy groups -OCH3 is 1. The van der Waals surface area contributed by atoms with E-state index in [9.17, 15) is 5.11 Å². The molecule has 0 fully saturated rings. The number of benzene rings is 1. The summed E-state index contributed by atoms with van der Waals surface area (Å²) in [6, 6.07) is 9.32.